The molecular formula is C16H26N2OS. The fourth-order valence-electron chi connectivity index (χ4n) is 2.69. The smallest absolute Gasteiger partial charge is 0.144 e. The lowest BCUT2D eigenvalue weighted by Gasteiger charge is -2.18. The quantitative estimate of drug-likeness (QED) is 0.742. The van der Waals surface area contributed by atoms with Crippen LogP contribution in [0.1, 0.15) is 39.5 Å². The number of ether oxygens (including phenoxy) is 1. The van der Waals surface area contributed by atoms with E-state index in [4.69, 9.17) is 10.5 Å². The van der Waals surface area contributed by atoms with Gasteiger partial charge in [0.05, 0.1) is 18.0 Å². The van der Waals surface area contributed by atoms with Crippen LogP contribution in [0.15, 0.2) is 18.2 Å². The molecule has 1 saturated carbocycles. The third-order valence-electron chi connectivity index (χ3n) is 3.67. The van der Waals surface area contributed by atoms with Gasteiger partial charge in [0.2, 0.25) is 0 Å². The third-order valence-corrected chi connectivity index (χ3v) is 4.91. The predicted molar refractivity (Wildman–Crippen MR) is 89.8 cm³/mol. The standard InChI is InChI=1S/C16H26N2OS/c1-3-10-19-15-7-5-6-14(16(15)17)18-12-8-9-13(11-12)20-4-2/h5-7,12-13,18H,3-4,8-11,17H2,1-2H3. The topological polar surface area (TPSA) is 47.3 Å². The summed E-state index contributed by atoms with van der Waals surface area (Å²) in [7, 11) is 0. The minimum absolute atomic E-state index is 0.544. The Kier molecular flexibility index (Phi) is 5.89. The lowest BCUT2D eigenvalue weighted by atomic mass is 10.2. The number of nitrogens with one attached hydrogen (secondary N) is 1. The Morgan fingerprint density at radius 1 is 1.35 bits per heavy atom. The van der Waals surface area contributed by atoms with Crippen molar-refractivity contribution in [3.05, 3.63) is 18.2 Å². The van der Waals surface area contributed by atoms with Gasteiger partial charge in [-0.2, -0.15) is 11.8 Å². The molecule has 0 radical (unpaired) electrons. The highest BCUT2D eigenvalue weighted by Gasteiger charge is 2.24. The number of nitrogens with two attached hydrogens (primary N) is 1. The minimum Gasteiger partial charge on any atom is -0.491 e. The Bertz CT molecular complexity index is 425. The average molecular weight is 294 g/mol. The van der Waals surface area contributed by atoms with E-state index < -0.39 is 0 Å². The molecule has 0 spiro atoms. The molecule has 0 saturated heterocycles. The molecule has 1 aliphatic carbocycles. The molecule has 0 amide bonds. The molecule has 0 heterocycles. The molecule has 4 heteroatoms. The maximum absolute atomic E-state index is 6.20. The normalized spacial score (nSPS) is 21.9. The SMILES string of the molecule is CCCOc1cccc(NC2CCC(SCC)C2)c1N. The molecule has 20 heavy (non-hydrogen) atoms. The Hall–Kier alpha value is -1.03. The molecule has 0 aliphatic heterocycles. The van der Waals surface area contributed by atoms with Gasteiger partial charge in [-0.1, -0.05) is 19.9 Å². The summed E-state index contributed by atoms with van der Waals surface area (Å²) in [5.74, 6) is 2.01. The van der Waals surface area contributed by atoms with Crippen molar-refractivity contribution >= 4 is 23.1 Å². The van der Waals surface area contributed by atoms with E-state index in [-0.39, 0.29) is 0 Å². The van der Waals surface area contributed by atoms with Crippen molar-refractivity contribution < 1.29 is 4.74 Å². The maximum atomic E-state index is 6.20. The Morgan fingerprint density at radius 2 is 2.20 bits per heavy atom. The van der Waals surface area contributed by atoms with Gasteiger partial charge in [0, 0.05) is 11.3 Å². The van der Waals surface area contributed by atoms with Gasteiger partial charge in [0.1, 0.15) is 5.75 Å². The number of anilines is 2. The molecule has 2 unspecified atom stereocenters. The van der Waals surface area contributed by atoms with Crippen molar-refractivity contribution in [2.24, 2.45) is 0 Å². The van der Waals surface area contributed by atoms with Crippen molar-refractivity contribution in [3.63, 3.8) is 0 Å². The predicted octanol–water partition coefficient (Wildman–Crippen LogP) is 4.14. The molecule has 3 nitrogen and oxygen atoms in total. The number of benzene rings is 1. The van der Waals surface area contributed by atoms with Crippen molar-refractivity contribution in [3.8, 4) is 5.75 Å². The summed E-state index contributed by atoms with van der Waals surface area (Å²) < 4.78 is 5.68. The van der Waals surface area contributed by atoms with Gasteiger partial charge in [-0.15, -0.1) is 0 Å². The second kappa shape index (κ2) is 7.67. The largest absolute Gasteiger partial charge is 0.491 e. The zero-order valence-electron chi connectivity index (χ0n) is 12.5. The summed E-state index contributed by atoms with van der Waals surface area (Å²) in [4.78, 5) is 0. The first kappa shape index (κ1) is 15.4. The number of nitrogen functional groups attached to an aromatic ring is 1. The van der Waals surface area contributed by atoms with Crippen LogP contribution < -0.4 is 15.8 Å². The fourth-order valence-corrected chi connectivity index (χ4v) is 3.83. The van der Waals surface area contributed by atoms with E-state index in [9.17, 15) is 0 Å². The van der Waals surface area contributed by atoms with Crippen LogP contribution in [0.3, 0.4) is 0 Å². The first-order chi connectivity index (χ1) is 9.74. The summed E-state index contributed by atoms with van der Waals surface area (Å²) in [6.07, 6.45) is 4.77. The van der Waals surface area contributed by atoms with Crippen LogP contribution in [-0.2, 0) is 0 Å². The Balaban J connectivity index is 1.96. The first-order valence-corrected chi connectivity index (χ1v) is 8.68. The highest BCUT2D eigenvalue weighted by molar-refractivity contribution is 7.99. The van der Waals surface area contributed by atoms with E-state index in [1.54, 1.807) is 0 Å². The summed E-state index contributed by atoms with van der Waals surface area (Å²) in [5, 5.41) is 4.40. The van der Waals surface area contributed by atoms with Crippen LogP contribution in [0.5, 0.6) is 5.75 Å². The van der Waals surface area contributed by atoms with Gasteiger partial charge in [-0.3, -0.25) is 0 Å². The van der Waals surface area contributed by atoms with Crippen molar-refractivity contribution in [2.45, 2.75) is 50.8 Å². The summed E-state index contributed by atoms with van der Waals surface area (Å²) in [6, 6.07) is 6.55. The second-order valence-electron chi connectivity index (χ2n) is 5.30. The number of thioether (sulfide) groups is 1. The van der Waals surface area contributed by atoms with E-state index in [0.29, 0.717) is 12.6 Å². The van der Waals surface area contributed by atoms with Crippen LogP contribution in [-0.4, -0.2) is 23.7 Å². The van der Waals surface area contributed by atoms with Gasteiger partial charge in [-0.05, 0) is 43.6 Å². The second-order valence-corrected chi connectivity index (χ2v) is 6.87. The van der Waals surface area contributed by atoms with Crippen LogP contribution in [0, 0.1) is 0 Å². The minimum atomic E-state index is 0.544. The summed E-state index contributed by atoms with van der Waals surface area (Å²) in [6.45, 7) is 5.05. The molecule has 1 fully saturated rings. The molecule has 2 atom stereocenters. The summed E-state index contributed by atoms with van der Waals surface area (Å²) in [5.41, 5.74) is 7.97. The van der Waals surface area contributed by atoms with E-state index in [0.717, 1.165) is 28.8 Å². The monoisotopic (exact) mass is 294 g/mol. The van der Waals surface area contributed by atoms with Gasteiger partial charge in [0.15, 0.2) is 0 Å². The van der Waals surface area contributed by atoms with E-state index >= 15 is 0 Å². The summed E-state index contributed by atoms with van der Waals surface area (Å²) >= 11 is 2.08. The Labute approximate surface area is 126 Å². The molecular weight excluding hydrogens is 268 g/mol. The molecule has 1 aromatic carbocycles. The average Bonchev–Trinajstić information content (AvgIpc) is 2.88. The molecule has 1 aliphatic rings. The first-order valence-electron chi connectivity index (χ1n) is 7.64. The fraction of sp³-hybridized carbons (Fsp3) is 0.625. The number of hydrogen-bond acceptors (Lipinski definition) is 4. The number of hydrogen-bond donors (Lipinski definition) is 2. The maximum Gasteiger partial charge on any atom is 0.144 e. The van der Waals surface area contributed by atoms with Crippen LogP contribution in [0.2, 0.25) is 0 Å². The zero-order valence-corrected chi connectivity index (χ0v) is 13.3. The molecule has 0 bridgehead atoms. The van der Waals surface area contributed by atoms with Gasteiger partial charge in [0.25, 0.3) is 0 Å². The van der Waals surface area contributed by atoms with Crippen molar-refractivity contribution in [2.75, 3.05) is 23.4 Å². The van der Waals surface area contributed by atoms with Crippen molar-refractivity contribution in [1.82, 2.24) is 0 Å². The highest BCUT2D eigenvalue weighted by atomic mass is 32.2. The third kappa shape index (κ3) is 3.98. The van der Waals surface area contributed by atoms with Gasteiger partial charge < -0.3 is 15.8 Å². The van der Waals surface area contributed by atoms with Crippen LogP contribution >= 0.6 is 11.8 Å². The van der Waals surface area contributed by atoms with E-state index in [1.807, 2.05) is 12.1 Å². The number of rotatable bonds is 7. The van der Waals surface area contributed by atoms with Gasteiger partial charge >= 0.3 is 0 Å². The highest BCUT2D eigenvalue weighted by Crippen LogP contribution is 2.35. The molecule has 2 rings (SSSR count). The lowest BCUT2D eigenvalue weighted by Crippen LogP contribution is -2.17. The zero-order chi connectivity index (χ0) is 14.4. The molecule has 112 valence electrons. The lowest BCUT2D eigenvalue weighted by molar-refractivity contribution is 0.319. The molecule has 0 aromatic heterocycles. The van der Waals surface area contributed by atoms with E-state index in [1.165, 1.54) is 25.0 Å². The Morgan fingerprint density at radius 3 is 2.95 bits per heavy atom. The molecule has 1 aromatic rings. The number of para-hydroxylation sites is 1. The van der Waals surface area contributed by atoms with Gasteiger partial charge in [-0.25, -0.2) is 0 Å². The van der Waals surface area contributed by atoms with E-state index in [2.05, 4.69) is 37.0 Å². The van der Waals surface area contributed by atoms with Crippen LogP contribution in [0.4, 0.5) is 11.4 Å². The van der Waals surface area contributed by atoms with Crippen LogP contribution in [0.25, 0.3) is 0 Å². The van der Waals surface area contributed by atoms with Crippen molar-refractivity contribution in [1.29, 1.82) is 0 Å². The molecule has 3 N–H and O–H groups in total.